The fourth-order valence-corrected chi connectivity index (χ4v) is 3.53. The van der Waals surface area contributed by atoms with Gasteiger partial charge in [0, 0.05) is 0 Å². The van der Waals surface area contributed by atoms with Crippen LogP contribution in [-0.4, -0.2) is 48.6 Å². The summed E-state index contributed by atoms with van der Waals surface area (Å²) in [4.78, 5) is 22.0. The number of benzene rings is 4. The maximum atomic E-state index is 11.0. The normalized spacial score (nSPS) is 10.7. The third kappa shape index (κ3) is 6.24. The van der Waals surface area contributed by atoms with Crippen molar-refractivity contribution in [2.45, 2.75) is 0 Å². The smallest absolute Gasteiger partial charge is 0.341 e. The summed E-state index contributed by atoms with van der Waals surface area (Å²) in [5.74, 6) is -0.807. The molecule has 0 amide bonds. The van der Waals surface area contributed by atoms with E-state index in [1.54, 1.807) is 24.3 Å². The number of carboxylic acids is 2. The highest BCUT2D eigenvalue weighted by Gasteiger charge is 2.13. The van der Waals surface area contributed by atoms with Crippen LogP contribution < -0.4 is 18.9 Å². The van der Waals surface area contributed by atoms with Crippen LogP contribution in [0.4, 0.5) is 0 Å². The molecule has 0 saturated carbocycles. The largest absolute Gasteiger partial charge is 0.485 e. The molecule has 0 bridgehead atoms. The third-order valence-electron chi connectivity index (χ3n) is 5.19. The molecule has 4 aromatic rings. The van der Waals surface area contributed by atoms with Crippen molar-refractivity contribution in [1.29, 1.82) is 0 Å². The van der Waals surface area contributed by atoms with Crippen LogP contribution in [0.15, 0.2) is 84.9 Å². The Balaban J connectivity index is 1.46. The lowest BCUT2D eigenvalue weighted by Gasteiger charge is -2.16. The van der Waals surface area contributed by atoms with Crippen LogP contribution in [-0.2, 0) is 9.59 Å². The first kappa shape index (κ1) is 24.4. The molecule has 0 fully saturated rings. The van der Waals surface area contributed by atoms with Crippen LogP contribution >= 0.6 is 0 Å². The lowest BCUT2D eigenvalue weighted by Crippen LogP contribution is -2.13. The van der Waals surface area contributed by atoms with Gasteiger partial charge in [0.2, 0.25) is 0 Å². The van der Waals surface area contributed by atoms with Crippen molar-refractivity contribution in [2.75, 3.05) is 26.4 Å². The molecule has 0 spiro atoms. The van der Waals surface area contributed by atoms with E-state index < -0.39 is 25.2 Å². The molecule has 2 N–H and O–H groups in total. The van der Waals surface area contributed by atoms with Crippen LogP contribution in [0.3, 0.4) is 0 Å². The van der Waals surface area contributed by atoms with Gasteiger partial charge in [-0.15, -0.1) is 0 Å². The lowest BCUT2D eigenvalue weighted by molar-refractivity contribution is -0.140. The van der Waals surface area contributed by atoms with E-state index in [1.165, 1.54) is 0 Å². The van der Waals surface area contributed by atoms with Gasteiger partial charge < -0.3 is 29.2 Å². The summed E-state index contributed by atoms with van der Waals surface area (Å²) in [6.07, 6.45) is 0. The Hall–Kier alpha value is -4.72. The summed E-state index contributed by atoms with van der Waals surface area (Å²) < 4.78 is 22.6. The zero-order chi connectivity index (χ0) is 25.5. The number of aliphatic carboxylic acids is 2. The van der Waals surface area contributed by atoms with Gasteiger partial charge in [-0.2, -0.15) is 0 Å². The number of carboxylic acid groups (broad SMARTS) is 2. The number of ether oxygens (including phenoxy) is 4. The third-order valence-corrected chi connectivity index (χ3v) is 5.19. The molecule has 0 heterocycles. The average Bonchev–Trinajstić information content (AvgIpc) is 2.87. The van der Waals surface area contributed by atoms with E-state index >= 15 is 0 Å². The molecule has 36 heavy (non-hydrogen) atoms. The van der Waals surface area contributed by atoms with Crippen molar-refractivity contribution >= 4 is 33.5 Å². The molecule has 0 aromatic heterocycles. The summed E-state index contributed by atoms with van der Waals surface area (Å²) >= 11 is 0. The molecule has 0 saturated heterocycles. The van der Waals surface area contributed by atoms with Crippen LogP contribution in [0.1, 0.15) is 0 Å². The van der Waals surface area contributed by atoms with Crippen molar-refractivity contribution in [3.63, 3.8) is 0 Å². The zero-order valence-corrected chi connectivity index (χ0v) is 19.3. The highest BCUT2D eigenvalue weighted by atomic mass is 16.5. The molecule has 4 rings (SSSR count). The quantitative estimate of drug-likeness (QED) is 0.270. The predicted molar refractivity (Wildman–Crippen MR) is 134 cm³/mol. The van der Waals surface area contributed by atoms with E-state index in [9.17, 15) is 9.59 Å². The monoisotopic (exact) mass is 488 g/mol. The number of rotatable bonds is 12. The summed E-state index contributed by atoms with van der Waals surface area (Å²) in [5, 5.41) is 21.6. The Kier molecular flexibility index (Phi) is 7.55. The maximum absolute atomic E-state index is 11.0. The Bertz CT molecular complexity index is 1320. The molecular weight excluding hydrogens is 464 g/mol. The van der Waals surface area contributed by atoms with Gasteiger partial charge in [-0.05, 0) is 51.4 Å². The molecule has 0 aliphatic carbocycles. The maximum Gasteiger partial charge on any atom is 0.341 e. The van der Waals surface area contributed by atoms with Gasteiger partial charge in [-0.3, -0.25) is 0 Å². The van der Waals surface area contributed by atoms with Crippen LogP contribution in [0.2, 0.25) is 0 Å². The Morgan fingerprint density at radius 2 is 0.833 bits per heavy atom. The van der Waals surface area contributed by atoms with Gasteiger partial charge in [0.15, 0.2) is 36.2 Å². The molecule has 184 valence electrons. The first-order chi connectivity index (χ1) is 17.4. The molecular formula is C28H24O8. The second kappa shape index (κ2) is 11.1. The fourth-order valence-electron chi connectivity index (χ4n) is 3.53. The number of hydrogen-bond donors (Lipinski definition) is 2. The van der Waals surface area contributed by atoms with Gasteiger partial charge in [-0.1, -0.05) is 55.1 Å². The average molecular weight is 488 g/mol. The molecule has 0 aliphatic rings. The highest BCUT2D eigenvalue weighted by molar-refractivity contribution is 5.87. The molecule has 8 nitrogen and oxygen atoms in total. The zero-order valence-electron chi connectivity index (χ0n) is 19.3. The van der Waals surface area contributed by atoms with E-state index in [1.807, 2.05) is 48.5 Å². The SMILES string of the molecule is C=C(COc1cc2ccccc2cc1OCC(=O)O)COc1cc2ccccc2cc1OCC(=O)O. The van der Waals surface area contributed by atoms with Crippen molar-refractivity contribution in [1.82, 2.24) is 0 Å². The Labute approximate surface area is 206 Å². The lowest BCUT2D eigenvalue weighted by atomic mass is 10.1. The summed E-state index contributed by atoms with van der Waals surface area (Å²) in [5.41, 5.74) is 0.588. The van der Waals surface area contributed by atoms with E-state index in [0.717, 1.165) is 21.5 Å². The van der Waals surface area contributed by atoms with Gasteiger partial charge in [0.05, 0.1) is 0 Å². The van der Waals surface area contributed by atoms with Gasteiger partial charge in [0.1, 0.15) is 13.2 Å². The first-order valence-electron chi connectivity index (χ1n) is 11.1. The minimum absolute atomic E-state index is 0.0840. The van der Waals surface area contributed by atoms with Crippen molar-refractivity contribution < 1.29 is 38.7 Å². The van der Waals surface area contributed by atoms with Crippen molar-refractivity contribution in [3.05, 3.63) is 84.9 Å². The summed E-state index contributed by atoms with van der Waals surface area (Å²) in [7, 11) is 0. The minimum atomic E-state index is -1.09. The molecule has 0 unspecified atom stereocenters. The number of hydrogen-bond acceptors (Lipinski definition) is 6. The van der Waals surface area contributed by atoms with E-state index in [-0.39, 0.29) is 13.2 Å². The second-order valence-corrected chi connectivity index (χ2v) is 7.98. The predicted octanol–water partition coefficient (Wildman–Crippen LogP) is 4.93. The van der Waals surface area contributed by atoms with Gasteiger partial charge in [0.25, 0.3) is 0 Å². The first-order valence-corrected chi connectivity index (χ1v) is 11.1. The summed E-state index contributed by atoms with van der Waals surface area (Å²) in [6.45, 7) is 3.17. The molecule has 4 aromatic carbocycles. The van der Waals surface area contributed by atoms with E-state index in [0.29, 0.717) is 28.6 Å². The molecule has 0 aliphatic heterocycles. The van der Waals surface area contributed by atoms with Gasteiger partial charge in [-0.25, -0.2) is 9.59 Å². The second-order valence-electron chi connectivity index (χ2n) is 7.98. The standard InChI is InChI=1S/C28H24O8/c1-18(14-33-23-10-19-6-2-4-8-21(19)12-25(23)35-16-27(29)30)15-34-24-11-20-7-3-5-9-22(20)13-26(24)36-17-28(31)32/h2-13H,1,14-17H2,(H,29,30)(H,31,32). The topological polar surface area (TPSA) is 112 Å². The van der Waals surface area contributed by atoms with Crippen LogP contribution in [0.5, 0.6) is 23.0 Å². The van der Waals surface area contributed by atoms with Crippen LogP contribution in [0, 0.1) is 0 Å². The van der Waals surface area contributed by atoms with Crippen molar-refractivity contribution in [2.24, 2.45) is 0 Å². The molecule has 8 heteroatoms. The molecule has 0 radical (unpaired) electrons. The van der Waals surface area contributed by atoms with Gasteiger partial charge >= 0.3 is 11.9 Å². The highest BCUT2D eigenvalue weighted by Crippen LogP contribution is 2.34. The Morgan fingerprint density at radius 1 is 0.556 bits per heavy atom. The number of carbonyl (C=O) groups is 2. The Morgan fingerprint density at radius 3 is 1.11 bits per heavy atom. The summed E-state index contributed by atoms with van der Waals surface area (Å²) in [6, 6.07) is 22.2. The van der Waals surface area contributed by atoms with E-state index in [2.05, 4.69) is 6.58 Å². The van der Waals surface area contributed by atoms with Crippen molar-refractivity contribution in [3.8, 4) is 23.0 Å². The molecule has 0 atom stereocenters. The fraction of sp³-hybridized carbons (Fsp3) is 0.143. The minimum Gasteiger partial charge on any atom is -0.485 e. The number of fused-ring (bicyclic) bond motifs is 2. The van der Waals surface area contributed by atoms with E-state index in [4.69, 9.17) is 29.2 Å². The van der Waals surface area contributed by atoms with Crippen LogP contribution in [0.25, 0.3) is 21.5 Å².